The van der Waals surface area contributed by atoms with Crippen LogP contribution in [0, 0.1) is 5.82 Å². The van der Waals surface area contributed by atoms with E-state index in [9.17, 15) is 14.4 Å². The fourth-order valence-electron chi connectivity index (χ4n) is 4.49. The largest absolute Gasteiger partial charge is 0.462 e. The van der Waals surface area contributed by atoms with E-state index in [1.54, 1.807) is 26.0 Å². The standard InChI is InChI=1S/C24H31FN2O4S/c1-7-8-27-19-11-18(25)16(9-17(19)15(4)12-24(27,5)6)10-20-22(29)26(23(30)32-20)13-21(28)31-14(2)3/h9-11,14-15H,7-8,12-13H2,1-6H3/b20-10-. The highest BCUT2D eigenvalue weighted by atomic mass is 32.2. The van der Waals surface area contributed by atoms with Crippen LogP contribution in [-0.2, 0) is 14.3 Å². The van der Waals surface area contributed by atoms with E-state index in [0.29, 0.717) is 11.8 Å². The number of carbonyl (C=O) groups is 3. The minimum absolute atomic E-state index is 0.0797. The molecule has 0 bridgehead atoms. The molecular weight excluding hydrogens is 431 g/mol. The van der Waals surface area contributed by atoms with Crippen molar-refractivity contribution in [3.05, 3.63) is 34.0 Å². The molecule has 0 aromatic heterocycles. The van der Waals surface area contributed by atoms with Crippen LogP contribution in [0.3, 0.4) is 0 Å². The van der Waals surface area contributed by atoms with Crippen molar-refractivity contribution in [2.24, 2.45) is 0 Å². The molecular formula is C24H31FN2O4S. The van der Waals surface area contributed by atoms with Crippen molar-refractivity contribution in [3.8, 4) is 0 Å². The molecule has 1 saturated heterocycles. The van der Waals surface area contributed by atoms with Gasteiger partial charge in [0.1, 0.15) is 12.4 Å². The minimum atomic E-state index is -0.657. The Bertz CT molecular complexity index is 973. The van der Waals surface area contributed by atoms with E-state index in [1.165, 1.54) is 6.08 Å². The maximum Gasteiger partial charge on any atom is 0.326 e. The maximum atomic E-state index is 15.1. The first-order valence-corrected chi connectivity index (χ1v) is 11.8. The van der Waals surface area contributed by atoms with Gasteiger partial charge in [-0.3, -0.25) is 19.3 Å². The van der Waals surface area contributed by atoms with Gasteiger partial charge in [0, 0.05) is 23.3 Å². The monoisotopic (exact) mass is 462 g/mol. The molecule has 2 aliphatic heterocycles. The van der Waals surface area contributed by atoms with Crippen molar-refractivity contribution in [2.75, 3.05) is 18.0 Å². The van der Waals surface area contributed by atoms with Gasteiger partial charge < -0.3 is 9.64 Å². The number of anilines is 1. The van der Waals surface area contributed by atoms with E-state index in [2.05, 4.69) is 32.6 Å². The Morgan fingerprint density at radius 1 is 1.34 bits per heavy atom. The number of benzene rings is 1. The molecule has 32 heavy (non-hydrogen) atoms. The lowest BCUT2D eigenvalue weighted by Crippen LogP contribution is -2.48. The second-order valence-corrected chi connectivity index (χ2v) is 10.3. The summed E-state index contributed by atoms with van der Waals surface area (Å²) < 4.78 is 20.2. The summed E-state index contributed by atoms with van der Waals surface area (Å²) in [6, 6.07) is 3.33. The average Bonchev–Trinajstić information content (AvgIpc) is 2.92. The van der Waals surface area contributed by atoms with Crippen molar-refractivity contribution < 1.29 is 23.5 Å². The molecule has 3 rings (SSSR count). The highest BCUT2D eigenvalue weighted by Crippen LogP contribution is 2.45. The Morgan fingerprint density at radius 2 is 2.03 bits per heavy atom. The molecule has 8 heteroatoms. The maximum absolute atomic E-state index is 15.1. The average molecular weight is 463 g/mol. The van der Waals surface area contributed by atoms with Gasteiger partial charge in [-0.05, 0) is 82.0 Å². The van der Waals surface area contributed by atoms with Crippen LogP contribution in [0.2, 0.25) is 0 Å². The van der Waals surface area contributed by atoms with Crippen molar-refractivity contribution >= 4 is 40.6 Å². The first kappa shape index (κ1) is 24.3. The molecule has 2 amide bonds. The fraction of sp³-hybridized carbons (Fsp3) is 0.542. The minimum Gasteiger partial charge on any atom is -0.462 e. The molecule has 1 unspecified atom stereocenters. The lowest BCUT2D eigenvalue weighted by Gasteiger charge is -2.47. The number of hydrogen-bond acceptors (Lipinski definition) is 6. The Labute approximate surface area is 193 Å². The Balaban J connectivity index is 1.91. The van der Waals surface area contributed by atoms with Gasteiger partial charge in [-0.2, -0.15) is 0 Å². The number of nitrogens with zero attached hydrogens (tertiary/aromatic N) is 2. The normalized spacial score (nSPS) is 21.5. The zero-order valence-electron chi connectivity index (χ0n) is 19.5. The Kier molecular flexibility index (Phi) is 7.03. The van der Waals surface area contributed by atoms with Crippen LogP contribution in [0.1, 0.15) is 71.4 Å². The summed E-state index contributed by atoms with van der Waals surface area (Å²) in [6.07, 6.45) is 2.94. The number of halogens is 1. The summed E-state index contributed by atoms with van der Waals surface area (Å²) >= 11 is 0.707. The van der Waals surface area contributed by atoms with Crippen LogP contribution in [0.5, 0.6) is 0 Å². The summed E-state index contributed by atoms with van der Waals surface area (Å²) in [5.41, 5.74) is 2.10. The first-order chi connectivity index (χ1) is 14.9. The Hall–Kier alpha value is -2.35. The molecule has 6 nitrogen and oxygen atoms in total. The number of fused-ring (bicyclic) bond motifs is 1. The lowest BCUT2D eigenvalue weighted by molar-refractivity contribution is -0.149. The third-order valence-corrected chi connectivity index (χ3v) is 6.67. The van der Waals surface area contributed by atoms with Crippen LogP contribution in [0.15, 0.2) is 17.0 Å². The number of ether oxygens (including phenoxy) is 1. The van der Waals surface area contributed by atoms with E-state index in [-0.39, 0.29) is 28.0 Å². The van der Waals surface area contributed by atoms with E-state index in [1.807, 2.05) is 0 Å². The number of rotatable bonds is 6. The number of thioether (sulfide) groups is 1. The second kappa shape index (κ2) is 9.25. The molecule has 0 saturated carbocycles. The van der Waals surface area contributed by atoms with Gasteiger partial charge in [-0.1, -0.05) is 13.8 Å². The number of carbonyl (C=O) groups excluding carboxylic acids is 3. The van der Waals surface area contributed by atoms with Crippen molar-refractivity contribution in [2.45, 2.75) is 71.9 Å². The molecule has 174 valence electrons. The molecule has 0 spiro atoms. The molecule has 1 atom stereocenters. The molecule has 0 N–H and O–H groups in total. The number of amides is 2. The lowest BCUT2D eigenvalue weighted by atomic mass is 9.79. The van der Waals surface area contributed by atoms with Gasteiger partial charge in [-0.15, -0.1) is 0 Å². The van der Waals surface area contributed by atoms with Crippen molar-refractivity contribution in [3.63, 3.8) is 0 Å². The van der Waals surface area contributed by atoms with Crippen LogP contribution in [0.25, 0.3) is 6.08 Å². The molecule has 2 heterocycles. The van der Waals surface area contributed by atoms with Gasteiger partial charge >= 0.3 is 5.97 Å². The third-order valence-electron chi connectivity index (χ3n) is 5.77. The SMILES string of the molecule is CCCN1c2cc(F)c(/C=C3\SC(=O)N(CC(=O)OC(C)C)C3=O)cc2C(C)CC1(C)C. The smallest absolute Gasteiger partial charge is 0.326 e. The number of imide groups is 1. The first-order valence-electron chi connectivity index (χ1n) is 11.0. The second-order valence-electron chi connectivity index (χ2n) is 9.31. The third kappa shape index (κ3) is 4.85. The van der Waals surface area contributed by atoms with E-state index in [0.717, 1.165) is 35.5 Å². The summed E-state index contributed by atoms with van der Waals surface area (Å²) in [6.45, 7) is 12.3. The molecule has 0 aliphatic carbocycles. The molecule has 0 radical (unpaired) electrons. The van der Waals surface area contributed by atoms with Gasteiger partial charge in [0.15, 0.2) is 0 Å². The predicted octanol–water partition coefficient (Wildman–Crippen LogP) is 5.32. The zero-order chi connectivity index (χ0) is 23.8. The number of hydrogen-bond donors (Lipinski definition) is 0. The fourth-order valence-corrected chi connectivity index (χ4v) is 5.31. The molecule has 1 aromatic rings. The highest BCUT2D eigenvalue weighted by Gasteiger charge is 2.38. The van der Waals surface area contributed by atoms with Crippen LogP contribution in [0.4, 0.5) is 14.9 Å². The van der Waals surface area contributed by atoms with Gasteiger partial charge in [0.2, 0.25) is 0 Å². The quantitative estimate of drug-likeness (QED) is 0.421. The van der Waals surface area contributed by atoms with Crippen LogP contribution in [-0.4, -0.2) is 46.7 Å². The topological polar surface area (TPSA) is 66.9 Å². The van der Waals surface area contributed by atoms with Crippen LogP contribution >= 0.6 is 11.8 Å². The van der Waals surface area contributed by atoms with Crippen molar-refractivity contribution in [1.82, 2.24) is 4.90 Å². The summed E-state index contributed by atoms with van der Waals surface area (Å²) in [5, 5.41) is -0.565. The van der Waals surface area contributed by atoms with Crippen molar-refractivity contribution in [1.29, 1.82) is 0 Å². The highest BCUT2D eigenvalue weighted by molar-refractivity contribution is 8.18. The van der Waals surface area contributed by atoms with Gasteiger partial charge in [0.05, 0.1) is 11.0 Å². The number of esters is 1. The zero-order valence-corrected chi connectivity index (χ0v) is 20.3. The summed E-state index contributed by atoms with van der Waals surface area (Å²) in [7, 11) is 0. The summed E-state index contributed by atoms with van der Waals surface area (Å²) in [4.78, 5) is 40.1. The Morgan fingerprint density at radius 3 is 2.66 bits per heavy atom. The summed E-state index contributed by atoms with van der Waals surface area (Å²) in [5.74, 6) is -1.49. The molecule has 1 fully saturated rings. The van der Waals surface area contributed by atoms with Gasteiger partial charge in [-0.25, -0.2) is 4.39 Å². The van der Waals surface area contributed by atoms with E-state index >= 15 is 4.39 Å². The molecule has 1 aromatic carbocycles. The van der Waals surface area contributed by atoms with E-state index < -0.39 is 29.5 Å². The van der Waals surface area contributed by atoms with Gasteiger partial charge in [0.25, 0.3) is 11.1 Å². The van der Waals surface area contributed by atoms with E-state index in [4.69, 9.17) is 4.74 Å². The molecule has 2 aliphatic rings. The predicted molar refractivity (Wildman–Crippen MR) is 125 cm³/mol. The van der Waals surface area contributed by atoms with Crippen LogP contribution < -0.4 is 4.90 Å².